The minimum Gasteiger partial charge on any atom is -0.489 e. The molecule has 0 unspecified atom stereocenters. The van der Waals surface area contributed by atoms with Gasteiger partial charge in [-0.25, -0.2) is 4.79 Å². The van der Waals surface area contributed by atoms with E-state index in [1.807, 2.05) is 6.79 Å². The van der Waals surface area contributed by atoms with Gasteiger partial charge in [-0.05, 0) is 48.5 Å². The van der Waals surface area contributed by atoms with Crippen molar-refractivity contribution in [2.75, 3.05) is 7.11 Å². The van der Waals surface area contributed by atoms with E-state index in [4.69, 9.17) is 19.0 Å². The van der Waals surface area contributed by atoms with Gasteiger partial charge in [-0.1, -0.05) is 31.9 Å². The molecule has 2 aromatic rings. The molecule has 0 aromatic heterocycles. The lowest BCUT2D eigenvalue weighted by atomic mass is 10.1. The molecule has 0 fully saturated rings. The third-order valence-electron chi connectivity index (χ3n) is 3.64. The number of rotatable bonds is 5. The number of esters is 1. The molecule has 3 rings (SSSR count). The lowest BCUT2D eigenvalue weighted by Gasteiger charge is -2.18. The van der Waals surface area contributed by atoms with E-state index in [0.29, 0.717) is 5.75 Å². The van der Waals surface area contributed by atoms with E-state index in [0.717, 1.165) is 15.0 Å². The van der Waals surface area contributed by atoms with Crippen LogP contribution in [-0.2, 0) is 23.9 Å². The average Bonchev–Trinajstić information content (AvgIpc) is 2.75. The van der Waals surface area contributed by atoms with E-state index in [1.165, 1.54) is 19.2 Å². The first kappa shape index (κ1) is 23.2. The van der Waals surface area contributed by atoms with Gasteiger partial charge in [0.25, 0.3) is 5.78 Å². The lowest BCUT2D eigenvalue weighted by Crippen LogP contribution is -2.26. The van der Waals surface area contributed by atoms with Gasteiger partial charge < -0.3 is 19.0 Å². The van der Waals surface area contributed by atoms with Gasteiger partial charge >= 0.3 is 5.97 Å². The van der Waals surface area contributed by atoms with E-state index < -0.39 is 23.3 Å². The minimum atomic E-state index is -0.771. The number of hydrogen-bond acceptors (Lipinski definition) is 7. The second-order valence-electron chi connectivity index (χ2n) is 5.52. The van der Waals surface area contributed by atoms with Crippen LogP contribution in [0.5, 0.6) is 5.75 Å². The van der Waals surface area contributed by atoms with Crippen LogP contribution in [0.3, 0.4) is 0 Å². The molecule has 0 bridgehead atoms. The molecule has 0 amide bonds. The smallest absolute Gasteiger partial charge is 0.343 e. The number of carbonyl (C=O) groups excluding carboxylic acids is 4. The molecule has 1 aliphatic carbocycles. The van der Waals surface area contributed by atoms with Gasteiger partial charge in [-0.2, -0.15) is 0 Å². The monoisotopic (exact) mass is 536 g/mol. The molecule has 154 valence electrons. The Balaban J connectivity index is 0.00000155. The summed E-state index contributed by atoms with van der Waals surface area (Å²) < 4.78 is 17.3. The van der Waals surface area contributed by atoms with E-state index in [-0.39, 0.29) is 17.1 Å². The fraction of sp³-hybridized carbons (Fsp3) is 0.0476. The van der Waals surface area contributed by atoms with Crippen LogP contribution in [0.1, 0.15) is 10.4 Å². The third-order valence-corrected chi connectivity index (χ3v) is 4.70. The summed E-state index contributed by atoms with van der Waals surface area (Å²) in [5, 5.41) is 0. The molecule has 0 saturated heterocycles. The topological polar surface area (TPSA) is 96.0 Å². The summed E-state index contributed by atoms with van der Waals surface area (Å²) in [5.74, 6) is -2.90. The maximum atomic E-state index is 12.6. The molecule has 0 saturated carbocycles. The van der Waals surface area contributed by atoms with Gasteiger partial charge in [0.2, 0.25) is 17.3 Å². The second kappa shape index (κ2) is 10.7. The first-order valence-corrected chi connectivity index (χ1v) is 9.76. The molecular weight excluding hydrogens is 524 g/mol. The SMILES string of the molecule is C=O.COC1=C(Oc2ccc(Br)cc2)C(=O)C=C(OC(=O)c2ccc(Br)cc2)C1=O. The quantitative estimate of drug-likeness (QED) is 0.417. The molecule has 0 atom stereocenters. The first-order chi connectivity index (χ1) is 14.4. The highest BCUT2D eigenvalue weighted by Gasteiger charge is 2.34. The van der Waals surface area contributed by atoms with E-state index in [1.54, 1.807) is 36.4 Å². The Labute approximate surface area is 188 Å². The molecule has 9 heteroatoms. The zero-order chi connectivity index (χ0) is 22.3. The number of benzene rings is 2. The number of carbonyl (C=O) groups is 4. The summed E-state index contributed by atoms with van der Waals surface area (Å²) in [7, 11) is 1.23. The normalized spacial score (nSPS) is 13.1. The average molecular weight is 538 g/mol. The maximum Gasteiger partial charge on any atom is 0.343 e. The van der Waals surface area contributed by atoms with Gasteiger partial charge in [-0.3, -0.25) is 9.59 Å². The summed E-state index contributed by atoms with van der Waals surface area (Å²) in [6.07, 6.45) is 0.912. The van der Waals surface area contributed by atoms with Crippen LogP contribution >= 0.6 is 31.9 Å². The zero-order valence-corrected chi connectivity index (χ0v) is 18.7. The molecule has 0 aliphatic heterocycles. The number of ether oxygens (including phenoxy) is 3. The van der Waals surface area contributed by atoms with Crippen molar-refractivity contribution in [1.82, 2.24) is 0 Å². The van der Waals surface area contributed by atoms with Crippen molar-refractivity contribution in [3.05, 3.63) is 86.4 Å². The van der Waals surface area contributed by atoms with Crippen molar-refractivity contribution in [1.29, 1.82) is 0 Å². The first-order valence-electron chi connectivity index (χ1n) is 8.18. The number of allylic oxidation sites excluding steroid dienone is 1. The molecule has 0 N–H and O–H groups in total. The maximum absolute atomic E-state index is 12.6. The molecule has 30 heavy (non-hydrogen) atoms. The Morgan fingerprint density at radius 1 is 0.867 bits per heavy atom. The van der Waals surface area contributed by atoms with Crippen molar-refractivity contribution in [2.24, 2.45) is 0 Å². The molecule has 0 radical (unpaired) electrons. The van der Waals surface area contributed by atoms with Crippen molar-refractivity contribution in [3.63, 3.8) is 0 Å². The van der Waals surface area contributed by atoms with Gasteiger partial charge in [0, 0.05) is 15.0 Å². The minimum absolute atomic E-state index is 0.226. The predicted molar refractivity (Wildman–Crippen MR) is 114 cm³/mol. The largest absolute Gasteiger partial charge is 0.489 e. The van der Waals surface area contributed by atoms with Crippen molar-refractivity contribution < 1.29 is 33.4 Å². The van der Waals surface area contributed by atoms with Gasteiger partial charge in [0.05, 0.1) is 12.7 Å². The standard InChI is InChI=1S/C20H12Br2O6.CH2O/c1-26-19-17(24)16(28-20(25)11-2-4-12(21)5-3-11)10-15(23)18(19)27-14-8-6-13(22)7-9-14;1-2/h2-10H,1H3;1H2. The summed E-state index contributed by atoms with van der Waals surface area (Å²) in [6.45, 7) is 2.00. The van der Waals surface area contributed by atoms with E-state index in [2.05, 4.69) is 31.9 Å². The Morgan fingerprint density at radius 2 is 1.40 bits per heavy atom. The van der Waals surface area contributed by atoms with Crippen LogP contribution in [0.4, 0.5) is 0 Å². The van der Waals surface area contributed by atoms with E-state index in [9.17, 15) is 14.4 Å². The van der Waals surface area contributed by atoms with Crippen molar-refractivity contribution in [2.45, 2.75) is 0 Å². The number of ketones is 2. The van der Waals surface area contributed by atoms with Crippen LogP contribution in [0.2, 0.25) is 0 Å². The van der Waals surface area contributed by atoms with Crippen LogP contribution in [0.15, 0.2) is 80.8 Å². The fourth-order valence-corrected chi connectivity index (χ4v) is 2.83. The molecule has 0 heterocycles. The third kappa shape index (κ3) is 5.52. The molecule has 2 aromatic carbocycles. The van der Waals surface area contributed by atoms with E-state index >= 15 is 0 Å². The van der Waals surface area contributed by atoms with Crippen LogP contribution in [0, 0.1) is 0 Å². The van der Waals surface area contributed by atoms with Gasteiger partial charge in [0.15, 0.2) is 5.76 Å². The summed E-state index contributed by atoms with van der Waals surface area (Å²) in [5.41, 5.74) is 0.226. The molecule has 0 spiro atoms. The summed E-state index contributed by atoms with van der Waals surface area (Å²) >= 11 is 6.56. The van der Waals surface area contributed by atoms with Crippen LogP contribution in [0.25, 0.3) is 0 Å². The molecule has 1 aliphatic rings. The Kier molecular flexibility index (Phi) is 8.25. The highest BCUT2D eigenvalue weighted by atomic mass is 79.9. The summed E-state index contributed by atoms with van der Waals surface area (Å²) in [6, 6.07) is 13.0. The predicted octanol–water partition coefficient (Wildman–Crippen LogP) is 4.16. The fourth-order valence-electron chi connectivity index (χ4n) is 2.30. The zero-order valence-electron chi connectivity index (χ0n) is 15.5. The Hall–Kier alpha value is -3.04. The van der Waals surface area contributed by atoms with Crippen molar-refractivity contribution >= 4 is 56.2 Å². The van der Waals surface area contributed by atoms with Crippen LogP contribution < -0.4 is 4.74 Å². The number of halogens is 2. The highest BCUT2D eigenvalue weighted by molar-refractivity contribution is 9.10. The van der Waals surface area contributed by atoms with Crippen molar-refractivity contribution in [3.8, 4) is 5.75 Å². The number of Topliss-reactive ketones (excluding diaryl/α,β-unsaturated/α-hetero) is 1. The Bertz CT molecular complexity index is 1020. The van der Waals surface area contributed by atoms with Gasteiger partial charge in [-0.15, -0.1) is 0 Å². The highest BCUT2D eigenvalue weighted by Crippen LogP contribution is 2.26. The number of hydrogen-bond donors (Lipinski definition) is 0. The Morgan fingerprint density at radius 3 is 1.93 bits per heavy atom. The lowest BCUT2D eigenvalue weighted by molar-refractivity contribution is -0.121. The summed E-state index contributed by atoms with van der Waals surface area (Å²) in [4.78, 5) is 45.3. The molecule has 7 nitrogen and oxygen atoms in total. The number of methoxy groups -OCH3 is 1. The van der Waals surface area contributed by atoms with Crippen LogP contribution in [-0.4, -0.2) is 31.4 Å². The van der Waals surface area contributed by atoms with Gasteiger partial charge in [0.1, 0.15) is 12.5 Å². The molecular formula is C21H14Br2O7. The second-order valence-corrected chi connectivity index (χ2v) is 7.35.